The molecule has 2 rings (SSSR count). The summed E-state index contributed by atoms with van der Waals surface area (Å²) in [5.41, 5.74) is 2.49. The van der Waals surface area contributed by atoms with Crippen molar-refractivity contribution in [3.8, 4) is 0 Å². The van der Waals surface area contributed by atoms with Gasteiger partial charge in [0.1, 0.15) is 0 Å². The number of aliphatic hydroxyl groups is 1. The van der Waals surface area contributed by atoms with E-state index in [0.29, 0.717) is 23.8 Å². The highest BCUT2D eigenvalue weighted by Gasteiger charge is 2.12. The van der Waals surface area contributed by atoms with Crippen LogP contribution >= 0.6 is 12.2 Å². The Kier molecular flexibility index (Phi) is 6.75. The van der Waals surface area contributed by atoms with Crippen LogP contribution in [0.3, 0.4) is 0 Å². The van der Waals surface area contributed by atoms with Gasteiger partial charge in [0.05, 0.1) is 13.2 Å². The molecule has 1 aromatic heterocycles. The summed E-state index contributed by atoms with van der Waals surface area (Å²) in [6.45, 7) is 5.69. The van der Waals surface area contributed by atoms with E-state index in [9.17, 15) is 9.90 Å². The van der Waals surface area contributed by atoms with Crippen molar-refractivity contribution in [2.75, 3.05) is 19.7 Å². The van der Waals surface area contributed by atoms with E-state index < -0.39 is 0 Å². The summed E-state index contributed by atoms with van der Waals surface area (Å²) in [4.78, 5) is 17.1. The third-order valence-electron chi connectivity index (χ3n) is 3.90. The van der Waals surface area contributed by atoms with Crippen LogP contribution in [0.1, 0.15) is 30.9 Å². The minimum atomic E-state index is -0.120. The molecule has 0 bridgehead atoms. The van der Waals surface area contributed by atoms with Gasteiger partial charge in [-0.3, -0.25) is 4.79 Å². The Bertz CT molecular complexity index is 758. The average molecular weight is 347 g/mol. The lowest BCUT2D eigenvalue weighted by Crippen LogP contribution is -2.42. The number of nitrogens with zero attached hydrogens (tertiary/aromatic N) is 1. The second-order valence-corrected chi connectivity index (χ2v) is 6.33. The van der Waals surface area contributed by atoms with Gasteiger partial charge in [-0.25, -0.2) is 0 Å². The van der Waals surface area contributed by atoms with E-state index in [4.69, 9.17) is 12.2 Å². The van der Waals surface area contributed by atoms with Crippen molar-refractivity contribution in [2.45, 2.75) is 33.2 Å². The van der Waals surface area contributed by atoms with E-state index in [1.807, 2.05) is 36.1 Å². The minimum Gasteiger partial charge on any atom is -0.395 e. The maximum absolute atomic E-state index is 12.3. The Hall–Kier alpha value is -1.92. The zero-order valence-corrected chi connectivity index (χ0v) is 15.1. The Balaban J connectivity index is 2.21. The number of rotatable bonds is 7. The third-order valence-corrected chi connectivity index (χ3v) is 4.30. The van der Waals surface area contributed by atoms with Crippen molar-refractivity contribution in [1.29, 1.82) is 0 Å². The molecule has 1 aromatic carbocycles. The fourth-order valence-corrected chi connectivity index (χ4v) is 2.81. The van der Waals surface area contributed by atoms with Gasteiger partial charge in [0, 0.05) is 24.2 Å². The fourth-order valence-electron chi connectivity index (χ4n) is 2.55. The van der Waals surface area contributed by atoms with Gasteiger partial charge in [-0.1, -0.05) is 25.0 Å². The van der Waals surface area contributed by atoms with E-state index in [2.05, 4.69) is 17.2 Å². The Labute approximate surface area is 147 Å². The van der Waals surface area contributed by atoms with E-state index >= 15 is 0 Å². The van der Waals surface area contributed by atoms with Crippen molar-refractivity contribution in [1.82, 2.24) is 15.2 Å². The molecule has 0 fully saturated rings. The maximum Gasteiger partial charge on any atom is 0.253 e. The van der Waals surface area contributed by atoms with E-state index in [1.165, 1.54) is 0 Å². The molecule has 6 heteroatoms. The van der Waals surface area contributed by atoms with Crippen LogP contribution in [-0.2, 0) is 6.54 Å². The average Bonchev–Trinajstić information content (AvgIpc) is 2.55. The van der Waals surface area contributed by atoms with Gasteiger partial charge in [-0.05, 0) is 49.1 Å². The largest absolute Gasteiger partial charge is 0.395 e. The monoisotopic (exact) mass is 347 g/mol. The number of hydrogen-bond acceptors (Lipinski definition) is 3. The quantitative estimate of drug-likeness (QED) is 0.530. The molecule has 0 saturated heterocycles. The van der Waals surface area contributed by atoms with Gasteiger partial charge in [0.25, 0.3) is 5.56 Å². The zero-order valence-electron chi connectivity index (χ0n) is 14.3. The van der Waals surface area contributed by atoms with Crippen molar-refractivity contribution >= 4 is 28.2 Å². The third kappa shape index (κ3) is 4.79. The molecule has 0 aliphatic carbocycles. The maximum atomic E-state index is 12.3. The number of nitrogens with one attached hydrogen (secondary N) is 2. The SMILES string of the molecule is CCCCNC(=S)N(CCO)Cc1cc2cc(C)ccc2[nH]c1=O. The van der Waals surface area contributed by atoms with Crippen LogP contribution in [0, 0.1) is 6.92 Å². The summed E-state index contributed by atoms with van der Waals surface area (Å²) < 4.78 is 0. The van der Waals surface area contributed by atoms with Crippen LogP contribution in [0.5, 0.6) is 0 Å². The normalized spacial score (nSPS) is 10.8. The summed E-state index contributed by atoms with van der Waals surface area (Å²) in [5, 5.41) is 14.1. The van der Waals surface area contributed by atoms with Crippen LogP contribution in [0.15, 0.2) is 29.1 Å². The van der Waals surface area contributed by atoms with Crippen molar-refractivity contribution in [3.05, 3.63) is 45.7 Å². The molecule has 0 radical (unpaired) electrons. The summed E-state index contributed by atoms with van der Waals surface area (Å²) >= 11 is 5.40. The van der Waals surface area contributed by atoms with Crippen LogP contribution < -0.4 is 10.9 Å². The predicted molar refractivity (Wildman–Crippen MR) is 102 cm³/mol. The molecule has 0 unspecified atom stereocenters. The smallest absolute Gasteiger partial charge is 0.253 e. The first-order valence-corrected chi connectivity index (χ1v) is 8.72. The molecular formula is C18H25N3O2S. The second kappa shape index (κ2) is 8.80. The number of aliphatic hydroxyl groups excluding tert-OH is 1. The number of pyridine rings is 1. The number of unbranched alkanes of at least 4 members (excludes halogenated alkanes) is 1. The molecule has 0 atom stereocenters. The Morgan fingerprint density at radius 1 is 1.38 bits per heavy atom. The Morgan fingerprint density at radius 3 is 2.88 bits per heavy atom. The number of hydrogen-bond donors (Lipinski definition) is 3. The molecule has 0 aliphatic rings. The molecular weight excluding hydrogens is 322 g/mol. The van der Waals surface area contributed by atoms with Gasteiger partial charge >= 0.3 is 0 Å². The van der Waals surface area contributed by atoms with Crippen LogP contribution in [0.25, 0.3) is 10.9 Å². The minimum absolute atomic E-state index is 0.0137. The van der Waals surface area contributed by atoms with Gasteiger partial charge in [0.2, 0.25) is 0 Å². The number of aromatic nitrogens is 1. The molecule has 2 aromatic rings. The molecule has 0 saturated carbocycles. The first kappa shape index (κ1) is 18.4. The van der Waals surface area contributed by atoms with E-state index in [-0.39, 0.29) is 12.2 Å². The van der Waals surface area contributed by atoms with Crippen molar-refractivity contribution in [2.24, 2.45) is 0 Å². The van der Waals surface area contributed by atoms with E-state index in [0.717, 1.165) is 35.9 Å². The molecule has 5 nitrogen and oxygen atoms in total. The molecule has 3 N–H and O–H groups in total. The van der Waals surface area contributed by atoms with Crippen LogP contribution in [0.4, 0.5) is 0 Å². The summed E-state index contributed by atoms with van der Waals surface area (Å²) in [5.74, 6) is 0. The van der Waals surface area contributed by atoms with Crippen LogP contribution in [-0.4, -0.2) is 39.8 Å². The van der Waals surface area contributed by atoms with Gasteiger partial charge in [-0.2, -0.15) is 0 Å². The standard InChI is InChI=1S/C18H25N3O2S/c1-3-4-7-19-18(24)21(8-9-22)12-15-11-14-10-13(2)5-6-16(14)20-17(15)23/h5-6,10-11,22H,3-4,7-9,12H2,1-2H3,(H,19,24)(H,20,23). The van der Waals surface area contributed by atoms with E-state index in [1.54, 1.807) is 0 Å². The summed E-state index contributed by atoms with van der Waals surface area (Å²) in [6, 6.07) is 7.84. The zero-order chi connectivity index (χ0) is 17.5. The first-order chi connectivity index (χ1) is 11.5. The van der Waals surface area contributed by atoms with Gasteiger partial charge in [-0.15, -0.1) is 0 Å². The number of fused-ring (bicyclic) bond motifs is 1. The molecule has 0 spiro atoms. The predicted octanol–water partition coefficient (Wildman–Crippen LogP) is 2.31. The lowest BCUT2D eigenvalue weighted by molar-refractivity contribution is 0.245. The number of H-pyrrole nitrogens is 1. The molecule has 24 heavy (non-hydrogen) atoms. The number of aromatic amines is 1. The molecule has 0 aliphatic heterocycles. The van der Waals surface area contributed by atoms with Gasteiger partial charge in [0.15, 0.2) is 5.11 Å². The highest BCUT2D eigenvalue weighted by atomic mass is 32.1. The number of aryl methyl sites for hydroxylation is 1. The first-order valence-electron chi connectivity index (χ1n) is 8.31. The second-order valence-electron chi connectivity index (χ2n) is 5.95. The van der Waals surface area contributed by atoms with Crippen molar-refractivity contribution in [3.63, 3.8) is 0 Å². The summed E-state index contributed by atoms with van der Waals surface area (Å²) in [7, 11) is 0. The van der Waals surface area contributed by atoms with Gasteiger partial charge < -0.3 is 20.3 Å². The highest BCUT2D eigenvalue weighted by Crippen LogP contribution is 2.14. The molecule has 130 valence electrons. The lowest BCUT2D eigenvalue weighted by Gasteiger charge is -2.25. The van der Waals surface area contributed by atoms with Crippen molar-refractivity contribution < 1.29 is 5.11 Å². The lowest BCUT2D eigenvalue weighted by atomic mass is 10.1. The Morgan fingerprint density at radius 2 is 2.17 bits per heavy atom. The highest BCUT2D eigenvalue weighted by molar-refractivity contribution is 7.80. The van der Waals surface area contributed by atoms with Crippen LogP contribution in [0.2, 0.25) is 0 Å². The fraction of sp³-hybridized carbons (Fsp3) is 0.444. The molecule has 1 heterocycles. The topological polar surface area (TPSA) is 68.4 Å². The number of thiocarbonyl (C=S) groups is 1. The summed E-state index contributed by atoms with van der Waals surface area (Å²) in [6.07, 6.45) is 2.11. The molecule has 0 amide bonds. The number of benzene rings is 1.